The van der Waals surface area contributed by atoms with Crippen molar-refractivity contribution < 1.29 is 8.85 Å². The lowest BCUT2D eigenvalue weighted by Crippen LogP contribution is -2.61. The fraction of sp³-hybridized carbons (Fsp3) is 1.00. The van der Waals surface area contributed by atoms with Crippen LogP contribution in [0.15, 0.2) is 0 Å². The van der Waals surface area contributed by atoms with Crippen LogP contribution in [0.5, 0.6) is 0 Å². The zero-order valence-electron chi connectivity index (χ0n) is 12.6. The molecule has 1 N–H and O–H groups in total. The van der Waals surface area contributed by atoms with Crippen molar-refractivity contribution in [3.63, 3.8) is 0 Å². The maximum Gasteiger partial charge on any atom is 0.425 e. The van der Waals surface area contributed by atoms with Crippen molar-refractivity contribution in [1.29, 1.82) is 0 Å². The second-order valence-electron chi connectivity index (χ2n) is 5.38. The predicted molar refractivity (Wildman–Crippen MR) is 78.7 cm³/mol. The van der Waals surface area contributed by atoms with E-state index in [4.69, 9.17) is 8.85 Å². The minimum Gasteiger partial charge on any atom is -0.383 e. The molecule has 1 rings (SSSR count). The molecule has 1 saturated carbocycles. The van der Waals surface area contributed by atoms with Gasteiger partial charge in [0.2, 0.25) is 0 Å². The number of nitrogens with one attached hydrogen (secondary N) is 1. The molecule has 18 heavy (non-hydrogen) atoms. The quantitative estimate of drug-likeness (QED) is 0.686. The van der Waals surface area contributed by atoms with Gasteiger partial charge in [-0.2, -0.15) is 0 Å². The fourth-order valence-corrected chi connectivity index (χ4v) is 6.22. The lowest BCUT2D eigenvalue weighted by atomic mass is 9.87. The third kappa shape index (κ3) is 4.65. The van der Waals surface area contributed by atoms with Crippen LogP contribution in [-0.4, -0.2) is 28.0 Å². The van der Waals surface area contributed by atoms with Crippen molar-refractivity contribution in [2.45, 2.75) is 71.9 Å². The van der Waals surface area contributed by atoms with Gasteiger partial charge in [0.05, 0.1) is 0 Å². The smallest absolute Gasteiger partial charge is 0.383 e. The zero-order chi connectivity index (χ0) is 13.4. The van der Waals surface area contributed by atoms with E-state index in [-0.39, 0.29) is 0 Å². The maximum absolute atomic E-state index is 6.07. The highest BCUT2D eigenvalue weighted by Gasteiger charge is 2.40. The van der Waals surface area contributed by atoms with Gasteiger partial charge >= 0.3 is 8.72 Å². The van der Waals surface area contributed by atoms with Crippen LogP contribution in [0, 0.1) is 5.92 Å². The largest absolute Gasteiger partial charge is 0.425 e. The van der Waals surface area contributed by atoms with Gasteiger partial charge in [0.15, 0.2) is 0 Å². The van der Waals surface area contributed by atoms with E-state index in [0.717, 1.165) is 31.6 Å². The Morgan fingerprint density at radius 3 is 2.17 bits per heavy atom. The molecule has 108 valence electrons. The molecule has 0 aromatic heterocycles. The summed E-state index contributed by atoms with van der Waals surface area (Å²) in [5.41, 5.74) is 0. The van der Waals surface area contributed by atoms with Crippen LogP contribution in [0.2, 0.25) is 6.04 Å². The molecule has 1 aliphatic rings. The van der Waals surface area contributed by atoms with Crippen LogP contribution in [0.3, 0.4) is 0 Å². The highest BCUT2D eigenvalue weighted by atomic mass is 28.4. The van der Waals surface area contributed by atoms with Gasteiger partial charge in [-0.15, -0.1) is 0 Å². The standard InChI is InChI=1S/C14H31NO2Si/c1-5-12-18(16-6-2,17-7-3)15-14-11-9-8-10-13(14)4/h13-15H,5-12H2,1-4H3. The SMILES string of the molecule is CCC[Si](NC1CCCCC1C)(OCC)OCC. The molecule has 0 aromatic carbocycles. The van der Waals surface area contributed by atoms with Crippen LogP contribution < -0.4 is 4.98 Å². The van der Waals surface area contributed by atoms with Gasteiger partial charge in [-0.05, 0) is 32.6 Å². The normalized spacial score (nSPS) is 25.3. The molecule has 2 atom stereocenters. The van der Waals surface area contributed by atoms with Gasteiger partial charge in [0.25, 0.3) is 0 Å². The second kappa shape index (κ2) is 8.30. The van der Waals surface area contributed by atoms with Crippen molar-refractivity contribution in [2.24, 2.45) is 5.92 Å². The molecule has 0 aromatic rings. The molecule has 4 heteroatoms. The molecular formula is C14H31NO2Si. The molecule has 2 unspecified atom stereocenters. The Labute approximate surface area is 114 Å². The van der Waals surface area contributed by atoms with E-state index in [2.05, 4.69) is 32.7 Å². The van der Waals surface area contributed by atoms with Gasteiger partial charge < -0.3 is 8.85 Å². The van der Waals surface area contributed by atoms with Crippen molar-refractivity contribution in [3.05, 3.63) is 0 Å². The Hall–Kier alpha value is 0.0969. The first-order valence-corrected chi connectivity index (χ1v) is 9.75. The Balaban J connectivity index is 2.67. The van der Waals surface area contributed by atoms with Crippen LogP contribution in [-0.2, 0) is 8.85 Å². The lowest BCUT2D eigenvalue weighted by Gasteiger charge is -2.38. The van der Waals surface area contributed by atoms with Crippen molar-refractivity contribution >= 4 is 8.72 Å². The lowest BCUT2D eigenvalue weighted by molar-refractivity contribution is 0.154. The Morgan fingerprint density at radius 2 is 1.67 bits per heavy atom. The summed E-state index contributed by atoms with van der Waals surface area (Å²) in [4.78, 5) is 3.82. The van der Waals surface area contributed by atoms with Crippen LogP contribution >= 0.6 is 0 Å². The molecular weight excluding hydrogens is 242 g/mol. The summed E-state index contributed by atoms with van der Waals surface area (Å²) in [6.07, 6.45) is 6.47. The fourth-order valence-electron chi connectivity index (χ4n) is 2.95. The van der Waals surface area contributed by atoms with E-state index in [1.54, 1.807) is 0 Å². The first kappa shape index (κ1) is 16.2. The maximum atomic E-state index is 6.07. The minimum absolute atomic E-state index is 0.593. The molecule has 3 nitrogen and oxygen atoms in total. The summed E-state index contributed by atoms with van der Waals surface area (Å²) in [5, 5.41) is 0. The van der Waals surface area contributed by atoms with E-state index in [0.29, 0.717) is 6.04 Å². The zero-order valence-corrected chi connectivity index (χ0v) is 13.6. The van der Waals surface area contributed by atoms with Crippen LogP contribution in [0.25, 0.3) is 0 Å². The van der Waals surface area contributed by atoms with Gasteiger partial charge in [0, 0.05) is 25.3 Å². The minimum atomic E-state index is -2.17. The summed E-state index contributed by atoms with van der Waals surface area (Å²) in [6.45, 7) is 10.2. The molecule has 0 amide bonds. The van der Waals surface area contributed by atoms with E-state index in [9.17, 15) is 0 Å². The van der Waals surface area contributed by atoms with E-state index in [1.165, 1.54) is 25.7 Å². The molecule has 0 saturated heterocycles. The molecule has 0 heterocycles. The topological polar surface area (TPSA) is 30.5 Å². The number of hydrogen-bond acceptors (Lipinski definition) is 3. The molecule has 0 spiro atoms. The van der Waals surface area contributed by atoms with Crippen molar-refractivity contribution in [1.82, 2.24) is 4.98 Å². The Bertz CT molecular complexity index is 209. The first-order chi connectivity index (χ1) is 8.67. The average molecular weight is 273 g/mol. The van der Waals surface area contributed by atoms with Gasteiger partial charge in [-0.3, -0.25) is 4.98 Å². The Morgan fingerprint density at radius 1 is 1.06 bits per heavy atom. The molecule has 1 aliphatic carbocycles. The number of rotatable bonds is 8. The van der Waals surface area contributed by atoms with Crippen molar-refractivity contribution in [2.75, 3.05) is 13.2 Å². The van der Waals surface area contributed by atoms with E-state index >= 15 is 0 Å². The molecule has 0 bridgehead atoms. The monoisotopic (exact) mass is 273 g/mol. The van der Waals surface area contributed by atoms with Crippen LogP contribution in [0.4, 0.5) is 0 Å². The molecule has 0 radical (unpaired) electrons. The van der Waals surface area contributed by atoms with Gasteiger partial charge in [-0.25, -0.2) is 0 Å². The van der Waals surface area contributed by atoms with Crippen molar-refractivity contribution in [3.8, 4) is 0 Å². The average Bonchev–Trinajstić information content (AvgIpc) is 2.33. The highest BCUT2D eigenvalue weighted by molar-refractivity contribution is 6.64. The highest BCUT2D eigenvalue weighted by Crippen LogP contribution is 2.26. The van der Waals surface area contributed by atoms with Gasteiger partial charge in [-0.1, -0.05) is 33.1 Å². The van der Waals surface area contributed by atoms with Gasteiger partial charge in [0.1, 0.15) is 0 Å². The number of hydrogen-bond donors (Lipinski definition) is 1. The molecule has 0 aliphatic heterocycles. The van der Waals surface area contributed by atoms with Crippen LogP contribution in [0.1, 0.15) is 59.8 Å². The summed E-state index contributed by atoms with van der Waals surface area (Å²) >= 11 is 0. The third-order valence-corrected chi connectivity index (χ3v) is 7.33. The second-order valence-corrected chi connectivity index (χ2v) is 8.25. The predicted octanol–water partition coefficient (Wildman–Crippen LogP) is 3.58. The Kier molecular flexibility index (Phi) is 7.45. The molecule has 1 fully saturated rings. The van der Waals surface area contributed by atoms with E-state index in [1.807, 2.05) is 0 Å². The first-order valence-electron chi connectivity index (χ1n) is 7.73. The summed E-state index contributed by atoms with van der Waals surface area (Å²) in [5.74, 6) is 0.753. The summed E-state index contributed by atoms with van der Waals surface area (Å²) < 4.78 is 12.1. The van der Waals surface area contributed by atoms with E-state index < -0.39 is 8.72 Å². The summed E-state index contributed by atoms with van der Waals surface area (Å²) in [6, 6.07) is 1.65. The third-order valence-electron chi connectivity index (χ3n) is 3.85. The summed E-state index contributed by atoms with van der Waals surface area (Å²) in [7, 11) is -2.17.